The molecule has 0 aliphatic rings. The molecule has 3 N–H and O–H groups in total. The van der Waals surface area contributed by atoms with Crippen molar-refractivity contribution in [2.24, 2.45) is 0 Å². The van der Waals surface area contributed by atoms with Crippen molar-refractivity contribution in [2.75, 3.05) is 6.54 Å². The standard InChI is InChI=1S/C14H21NO5S/c1-14(2,3)20-13(19)15-6-4-10(17)12(18)9-5-7-21-11(9)8-16/h5,7-8,10,12,17-18H,4,6H2,1-3H3,(H,15,19). The molecule has 0 spiro atoms. The monoisotopic (exact) mass is 315 g/mol. The highest BCUT2D eigenvalue weighted by molar-refractivity contribution is 7.11. The summed E-state index contributed by atoms with van der Waals surface area (Å²) in [5.41, 5.74) is -0.183. The lowest BCUT2D eigenvalue weighted by Crippen LogP contribution is -2.34. The Labute approximate surface area is 127 Å². The molecule has 0 saturated heterocycles. The van der Waals surface area contributed by atoms with Gasteiger partial charge >= 0.3 is 6.09 Å². The molecule has 1 amide bonds. The molecule has 1 aromatic rings. The number of rotatable bonds is 6. The molecule has 1 aromatic heterocycles. The lowest BCUT2D eigenvalue weighted by molar-refractivity contribution is 0.0123. The molecule has 118 valence electrons. The normalized spacial score (nSPS) is 14.3. The lowest BCUT2D eigenvalue weighted by Gasteiger charge is -2.21. The number of nitrogens with one attached hydrogen (secondary N) is 1. The molecule has 1 heterocycles. The third-order valence-electron chi connectivity index (χ3n) is 2.63. The fourth-order valence-corrected chi connectivity index (χ4v) is 2.41. The van der Waals surface area contributed by atoms with Crippen LogP contribution in [0.5, 0.6) is 0 Å². The van der Waals surface area contributed by atoms with Crippen LogP contribution in [0.2, 0.25) is 0 Å². The van der Waals surface area contributed by atoms with E-state index in [2.05, 4.69) is 5.32 Å². The Morgan fingerprint density at radius 2 is 2.14 bits per heavy atom. The van der Waals surface area contributed by atoms with Crippen LogP contribution in [0.4, 0.5) is 4.79 Å². The number of amides is 1. The minimum Gasteiger partial charge on any atom is -0.444 e. The number of carbonyl (C=O) groups is 2. The maximum absolute atomic E-state index is 11.4. The van der Waals surface area contributed by atoms with E-state index in [1.54, 1.807) is 32.2 Å². The van der Waals surface area contributed by atoms with Gasteiger partial charge in [-0.05, 0) is 38.6 Å². The average Bonchev–Trinajstić information content (AvgIpc) is 2.83. The molecule has 1 rings (SSSR count). The molecular weight excluding hydrogens is 294 g/mol. The van der Waals surface area contributed by atoms with Crippen LogP contribution in [0.1, 0.15) is 48.5 Å². The molecule has 21 heavy (non-hydrogen) atoms. The summed E-state index contributed by atoms with van der Waals surface area (Å²) < 4.78 is 5.05. The second kappa shape index (κ2) is 7.53. The summed E-state index contributed by atoms with van der Waals surface area (Å²) in [4.78, 5) is 22.6. The Morgan fingerprint density at radius 3 is 2.71 bits per heavy atom. The van der Waals surface area contributed by atoms with Crippen molar-refractivity contribution >= 4 is 23.7 Å². The fraction of sp³-hybridized carbons (Fsp3) is 0.571. The third-order valence-corrected chi connectivity index (χ3v) is 3.48. The van der Waals surface area contributed by atoms with Crippen LogP contribution in [0.3, 0.4) is 0 Å². The molecule has 0 fully saturated rings. The summed E-state index contributed by atoms with van der Waals surface area (Å²) in [6.45, 7) is 5.42. The topological polar surface area (TPSA) is 95.9 Å². The van der Waals surface area contributed by atoms with Gasteiger partial charge in [-0.3, -0.25) is 4.79 Å². The maximum Gasteiger partial charge on any atom is 0.407 e. The first-order valence-electron chi connectivity index (χ1n) is 6.60. The third kappa shape index (κ3) is 5.82. The van der Waals surface area contributed by atoms with Crippen LogP contribution in [0, 0.1) is 0 Å². The van der Waals surface area contributed by atoms with Gasteiger partial charge in [0.1, 0.15) is 11.7 Å². The van der Waals surface area contributed by atoms with Gasteiger partial charge in [0.25, 0.3) is 0 Å². The van der Waals surface area contributed by atoms with E-state index < -0.39 is 23.9 Å². The van der Waals surface area contributed by atoms with Crippen molar-refractivity contribution < 1.29 is 24.5 Å². The van der Waals surface area contributed by atoms with Crippen LogP contribution in [-0.4, -0.2) is 40.8 Å². The molecule has 2 unspecified atom stereocenters. The second-order valence-electron chi connectivity index (χ2n) is 5.59. The minimum absolute atomic E-state index is 0.147. The zero-order chi connectivity index (χ0) is 16.0. The van der Waals surface area contributed by atoms with E-state index >= 15 is 0 Å². The van der Waals surface area contributed by atoms with Crippen LogP contribution in [0.25, 0.3) is 0 Å². The average molecular weight is 315 g/mol. The van der Waals surface area contributed by atoms with Crippen molar-refractivity contribution in [3.63, 3.8) is 0 Å². The van der Waals surface area contributed by atoms with E-state index in [0.29, 0.717) is 16.7 Å². The van der Waals surface area contributed by atoms with Gasteiger partial charge in [-0.25, -0.2) is 4.79 Å². The molecule has 6 nitrogen and oxygen atoms in total. The molecular formula is C14H21NO5S. The number of aliphatic hydroxyl groups is 2. The van der Waals surface area contributed by atoms with Crippen molar-refractivity contribution in [3.8, 4) is 0 Å². The number of hydrogen-bond donors (Lipinski definition) is 3. The van der Waals surface area contributed by atoms with E-state index in [9.17, 15) is 19.8 Å². The summed E-state index contributed by atoms with van der Waals surface area (Å²) in [6, 6.07) is 1.60. The van der Waals surface area contributed by atoms with Crippen LogP contribution >= 0.6 is 11.3 Å². The highest BCUT2D eigenvalue weighted by Crippen LogP contribution is 2.25. The second-order valence-corrected chi connectivity index (χ2v) is 6.54. The fourth-order valence-electron chi connectivity index (χ4n) is 1.67. The summed E-state index contributed by atoms with van der Waals surface area (Å²) in [5.74, 6) is 0. The molecule has 0 radical (unpaired) electrons. The number of aliphatic hydroxyl groups excluding tert-OH is 2. The van der Waals surface area contributed by atoms with Crippen molar-refractivity contribution in [1.29, 1.82) is 0 Å². The quantitative estimate of drug-likeness (QED) is 0.697. The predicted molar refractivity (Wildman–Crippen MR) is 79.5 cm³/mol. The molecule has 0 aliphatic carbocycles. The van der Waals surface area contributed by atoms with Crippen molar-refractivity contribution in [3.05, 3.63) is 21.9 Å². The number of carbonyl (C=O) groups excluding carboxylic acids is 2. The van der Waals surface area contributed by atoms with Gasteiger partial charge in [-0.2, -0.15) is 0 Å². The van der Waals surface area contributed by atoms with Gasteiger partial charge in [0, 0.05) is 12.1 Å². The molecule has 0 saturated carbocycles. The summed E-state index contributed by atoms with van der Waals surface area (Å²) in [5, 5.41) is 24.1. The zero-order valence-corrected chi connectivity index (χ0v) is 13.1. The van der Waals surface area contributed by atoms with Gasteiger partial charge in [0.15, 0.2) is 6.29 Å². The highest BCUT2D eigenvalue weighted by atomic mass is 32.1. The Kier molecular flexibility index (Phi) is 6.32. The van der Waals surface area contributed by atoms with E-state index in [1.165, 1.54) is 11.3 Å². The SMILES string of the molecule is CC(C)(C)OC(=O)NCCC(O)C(O)c1ccsc1C=O. The molecule has 0 bridgehead atoms. The summed E-state index contributed by atoms with van der Waals surface area (Å²) in [7, 11) is 0. The van der Waals surface area contributed by atoms with E-state index in [-0.39, 0.29) is 13.0 Å². The first-order chi connectivity index (χ1) is 9.74. The Hall–Kier alpha value is -1.44. The van der Waals surface area contributed by atoms with Gasteiger partial charge in [0.2, 0.25) is 0 Å². The molecule has 7 heteroatoms. The van der Waals surface area contributed by atoms with Gasteiger partial charge in [-0.1, -0.05) is 0 Å². The predicted octanol–water partition coefficient (Wildman–Crippen LogP) is 1.87. The number of aldehydes is 1. The number of ether oxygens (including phenoxy) is 1. The molecule has 0 aliphatic heterocycles. The van der Waals surface area contributed by atoms with Crippen molar-refractivity contribution in [2.45, 2.75) is 45.0 Å². The van der Waals surface area contributed by atoms with Crippen LogP contribution in [0.15, 0.2) is 11.4 Å². The Balaban J connectivity index is 2.42. The van der Waals surface area contributed by atoms with E-state index in [0.717, 1.165) is 0 Å². The van der Waals surface area contributed by atoms with E-state index in [4.69, 9.17) is 4.74 Å². The number of thiophene rings is 1. The number of alkyl carbamates (subject to hydrolysis) is 1. The van der Waals surface area contributed by atoms with Gasteiger partial charge in [-0.15, -0.1) is 11.3 Å². The lowest BCUT2D eigenvalue weighted by atomic mass is 10.0. The number of hydrogen-bond acceptors (Lipinski definition) is 6. The van der Waals surface area contributed by atoms with Crippen LogP contribution < -0.4 is 5.32 Å². The molecule has 0 aromatic carbocycles. The van der Waals surface area contributed by atoms with Gasteiger partial charge < -0.3 is 20.3 Å². The highest BCUT2D eigenvalue weighted by Gasteiger charge is 2.22. The first-order valence-corrected chi connectivity index (χ1v) is 7.48. The van der Waals surface area contributed by atoms with Crippen LogP contribution in [-0.2, 0) is 4.74 Å². The summed E-state index contributed by atoms with van der Waals surface area (Å²) in [6.07, 6.45) is -2.01. The Bertz CT molecular complexity index is 480. The minimum atomic E-state index is -1.16. The van der Waals surface area contributed by atoms with Crippen molar-refractivity contribution in [1.82, 2.24) is 5.32 Å². The summed E-state index contributed by atoms with van der Waals surface area (Å²) >= 11 is 1.20. The smallest absolute Gasteiger partial charge is 0.407 e. The molecule has 2 atom stereocenters. The van der Waals surface area contributed by atoms with E-state index in [1.807, 2.05) is 0 Å². The first kappa shape index (κ1) is 17.6. The maximum atomic E-state index is 11.4. The van der Waals surface area contributed by atoms with Gasteiger partial charge in [0.05, 0.1) is 11.0 Å². The largest absolute Gasteiger partial charge is 0.444 e. The zero-order valence-electron chi connectivity index (χ0n) is 12.3. The Morgan fingerprint density at radius 1 is 1.48 bits per heavy atom.